The van der Waals surface area contributed by atoms with Crippen molar-refractivity contribution in [2.45, 2.75) is 31.7 Å². The molecule has 0 fully saturated rings. The van der Waals surface area contributed by atoms with Gasteiger partial charge in [0.15, 0.2) is 0 Å². The van der Waals surface area contributed by atoms with E-state index in [0.29, 0.717) is 5.56 Å². The summed E-state index contributed by atoms with van der Waals surface area (Å²) in [5, 5.41) is 12.3. The van der Waals surface area contributed by atoms with Crippen molar-refractivity contribution < 1.29 is 27.5 Å². The van der Waals surface area contributed by atoms with E-state index in [2.05, 4.69) is 10.3 Å². The summed E-state index contributed by atoms with van der Waals surface area (Å²) in [5.74, 6) is -1.45. The number of aliphatic hydroxyl groups is 1. The van der Waals surface area contributed by atoms with Crippen LogP contribution < -0.4 is 5.32 Å². The Labute approximate surface area is 130 Å². The van der Waals surface area contributed by atoms with E-state index < -0.39 is 29.9 Å². The fourth-order valence-corrected chi connectivity index (χ4v) is 1.98. The Kier molecular flexibility index (Phi) is 4.74. The Morgan fingerprint density at radius 3 is 2.43 bits per heavy atom. The number of nitrogens with one attached hydrogen (secondary N) is 1. The van der Waals surface area contributed by atoms with E-state index in [0.717, 1.165) is 6.07 Å². The van der Waals surface area contributed by atoms with Crippen molar-refractivity contribution in [1.29, 1.82) is 0 Å². The first-order chi connectivity index (χ1) is 10.7. The van der Waals surface area contributed by atoms with Crippen molar-refractivity contribution in [3.63, 3.8) is 0 Å². The van der Waals surface area contributed by atoms with Crippen molar-refractivity contribution >= 4 is 5.91 Å². The van der Waals surface area contributed by atoms with Crippen LogP contribution in [0.25, 0.3) is 0 Å². The molecule has 1 unspecified atom stereocenters. The molecule has 2 rings (SSSR count). The molecule has 0 radical (unpaired) electrons. The maximum absolute atomic E-state index is 13.2. The number of rotatable bonds is 5. The minimum absolute atomic E-state index is 0.0342. The lowest BCUT2D eigenvalue weighted by molar-refractivity contribution is -0.273. The van der Waals surface area contributed by atoms with Crippen LogP contribution in [0.3, 0.4) is 0 Å². The molecule has 0 aliphatic heterocycles. The van der Waals surface area contributed by atoms with Gasteiger partial charge in [-0.25, -0.2) is 0 Å². The monoisotopic (exact) mass is 328 g/mol. The van der Waals surface area contributed by atoms with Gasteiger partial charge in [-0.05, 0) is 36.8 Å². The third-order valence-electron chi connectivity index (χ3n) is 3.27. The SMILES string of the molecule is Cc1ccc(C(O)(CC(=O)NCc2ccncc2)C(F)(F)F)o1. The maximum atomic E-state index is 13.2. The van der Waals surface area contributed by atoms with Crippen molar-refractivity contribution in [2.24, 2.45) is 0 Å². The van der Waals surface area contributed by atoms with Gasteiger partial charge in [0.05, 0.1) is 6.42 Å². The van der Waals surface area contributed by atoms with Crippen LogP contribution in [0.1, 0.15) is 23.5 Å². The van der Waals surface area contributed by atoms with Gasteiger partial charge in [0.1, 0.15) is 11.5 Å². The van der Waals surface area contributed by atoms with Crippen LogP contribution in [0, 0.1) is 6.92 Å². The van der Waals surface area contributed by atoms with E-state index in [1.165, 1.54) is 25.4 Å². The first-order valence-electron chi connectivity index (χ1n) is 6.74. The summed E-state index contributed by atoms with van der Waals surface area (Å²) in [5.41, 5.74) is -2.69. The highest BCUT2D eigenvalue weighted by molar-refractivity contribution is 5.77. The average molecular weight is 328 g/mol. The highest BCUT2D eigenvalue weighted by atomic mass is 19.4. The smallest absolute Gasteiger partial charge is 0.425 e. The second kappa shape index (κ2) is 6.41. The van der Waals surface area contributed by atoms with E-state index in [1.54, 1.807) is 12.1 Å². The number of hydrogen-bond donors (Lipinski definition) is 2. The number of pyridine rings is 1. The van der Waals surface area contributed by atoms with Crippen molar-refractivity contribution in [3.8, 4) is 0 Å². The van der Waals surface area contributed by atoms with Crippen molar-refractivity contribution in [1.82, 2.24) is 10.3 Å². The van der Waals surface area contributed by atoms with Crippen LogP contribution in [0.2, 0.25) is 0 Å². The van der Waals surface area contributed by atoms with Gasteiger partial charge in [-0.2, -0.15) is 13.2 Å². The molecule has 2 aromatic heterocycles. The van der Waals surface area contributed by atoms with E-state index in [-0.39, 0.29) is 12.3 Å². The molecular formula is C15H15F3N2O3. The van der Waals surface area contributed by atoms with Crippen LogP contribution >= 0.6 is 0 Å². The summed E-state index contributed by atoms with van der Waals surface area (Å²) in [6, 6.07) is 5.54. The second-order valence-corrected chi connectivity index (χ2v) is 5.08. The molecule has 0 saturated heterocycles. The van der Waals surface area contributed by atoms with Crippen LogP contribution in [-0.4, -0.2) is 22.2 Å². The molecule has 8 heteroatoms. The van der Waals surface area contributed by atoms with Gasteiger partial charge in [0.2, 0.25) is 11.5 Å². The third-order valence-corrected chi connectivity index (χ3v) is 3.27. The molecule has 0 aliphatic rings. The van der Waals surface area contributed by atoms with Gasteiger partial charge in [0.25, 0.3) is 0 Å². The van der Waals surface area contributed by atoms with E-state index >= 15 is 0 Å². The molecular weight excluding hydrogens is 313 g/mol. The first kappa shape index (κ1) is 17.0. The van der Waals surface area contributed by atoms with Gasteiger partial charge in [-0.15, -0.1) is 0 Å². The summed E-state index contributed by atoms with van der Waals surface area (Å²) in [6.07, 6.45) is -3.24. The minimum atomic E-state index is -5.05. The van der Waals surface area contributed by atoms with Gasteiger partial charge in [-0.3, -0.25) is 9.78 Å². The number of aryl methyl sites for hydroxylation is 1. The molecule has 0 aromatic carbocycles. The Balaban J connectivity index is 2.11. The van der Waals surface area contributed by atoms with Gasteiger partial charge < -0.3 is 14.8 Å². The lowest BCUT2D eigenvalue weighted by atomic mass is 9.95. The van der Waals surface area contributed by atoms with Crippen LogP contribution in [-0.2, 0) is 16.9 Å². The Morgan fingerprint density at radius 2 is 1.91 bits per heavy atom. The standard InChI is InChI=1S/C15H15F3N2O3/c1-10-2-3-12(23-10)14(22,15(16,17)18)8-13(21)20-9-11-4-6-19-7-5-11/h2-7,22H,8-9H2,1H3,(H,20,21). The van der Waals surface area contributed by atoms with E-state index in [1.807, 2.05) is 0 Å². The summed E-state index contributed by atoms with van der Waals surface area (Å²) in [6.45, 7) is 1.48. The topological polar surface area (TPSA) is 75.4 Å². The van der Waals surface area contributed by atoms with Crippen molar-refractivity contribution in [3.05, 3.63) is 53.7 Å². The molecule has 0 spiro atoms. The number of furan rings is 1. The lowest BCUT2D eigenvalue weighted by Gasteiger charge is -2.28. The number of amides is 1. The van der Waals surface area contributed by atoms with Gasteiger partial charge >= 0.3 is 6.18 Å². The predicted octanol–water partition coefficient (Wildman–Crippen LogP) is 2.44. The van der Waals surface area contributed by atoms with E-state index in [4.69, 9.17) is 4.42 Å². The zero-order chi connectivity index (χ0) is 17.1. The highest BCUT2D eigenvalue weighted by Crippen LogP contribution is 2.42. The summed E-state index contributed by atoms with van der Waals surface area (Å²) >= 11 is 0. The molecule has 0 bridgehead atoms. The fourth-order valence-electron chi connectivity index (χ4n) is 1.98. The summed E-state index contributed by atoms with van der Waals surface area (Å²) in [4.78, 5) is 15.6. The Morgan fingerprint density at radius 1 is 1.26 bits per heavy atom. The molecule has 124 valence electrons. The summed E-state index contributed by atoms with van der Waals surface area (Å²) < 4.78 is 44.6. The predicted molar refractivity (Wildman–Crippen MR) is 74.1 cm³/mol. The molecule has 2 aromatic rings. The largest absolute Gasteiger partial charge is 0.463 e. The highest BCUT2D eigenvalue weighted by Gasteiger charge is 2.58. The van der Waals surface area contributed by atoms with Crippen LogP contribution in [0.15, 0.2) is 41.1 Å². The Hall–Kier alpha value is -2.35. The van der Waals surface area contributed by atoms with Crippen LogP contribution in [0.4, 0.5) is 13.2 Å². The molecule has 2 heterocycles. The number of carbonyl (C=O) groups is 1. The number of hydrogen-bond acceptors (Lipinski definition) is 4. The van der Waals surface area contributed by atoms with E-state index in [9.17, 15) is 23.1 Å². The molecule has 0 saturated carbocycles. The van der Waals surface area contributed by atoms with Gasteiger partial charge in [0, 0.05) is 18.9 Å². The van der Waals surface area contributed by atoms with Crippen molar-refractivity contribution in [2.75, 3.05) is 0 Å². The minimum Gasteiger partial charge on any atom is -0.463 e. The zero-order valence-corrected chi connectivity index (χ0v) is 12.2. The normalized spacial score (nSPS) is 14.3. The Bertz CT molecular complexity index is 670. The van der Waals surface area contributed by atoms with Gasteiger partial charge in [-0.1, -0.05) is 0 Å². The maximum Gasteiger partial charge on any atom is 0.425 e. The fraction of sp³-hybridized carbons (Fsp3) is 0.333. The third kappa shape index (κ3) is 3.89. The molecule has 23 heavy (non-hydrogen) atoms. The quantitative estimate of drug-likeness (QED) is 0.884. The van der Waals surface area contributed by atoms with Crippen LogP contribution in [0.5, 0.6) is 0 Å². The lowest BCUT2D eigenvalue weighted by Crippen LogP contribution is -2.45. The number of halogens is 3. The molecule has 1 amide bonds. The molecule has 1 atom stereocenters. The number of aromatic nitrogens is 1. The zero-order valence-electron chi connectivity index (χ0n) is 12.2. The average Bonchev–Trinajstić information content (AvgIpc) is 2.92. The second-order valence-electron chi connectivity index (χ2n) is 5.08. The first-order valence-corrected chi connectivity index (χ1v) is 6.74. The number of alkyl halides is 3. The molecule has 5 nitrogen and oxygen atoms in total. The number of carbonyl (C=O) groups excluding carboxylic acids is 1. The number of nitrogens with zero attached hydrogens (tertiary/aromatic N) is 1. The molecule has 0 aliphatic carbocycles. The molecule has 2 N–H and O–H groups in total. The summed E-state index contributed by atoms with van der Waals surface area (Å²) in [7, 11) is 0.